The molecule has 0 aliphatic carbocycles. The Kier molecular flexibility index (Phi) is 8.80. The molecule has 1 amide bonds. The first-order valence-electron chi connectivity index (χ1n) is 11.7. The van der Waals surface area contributed by atoms with E-state index in [2.05, 4.69) is 16.4 Å². The highest BCUT2D eigenvalue weighted by Crippen LogP contribution is 2.43. The van der Waals surface area contributed by atoms with Crippen LogP contribution in [0.1, 0.15) is 12.0 Å². The fourth-order valence-corrected chi connectivity index (χ4v) is 4.80. The van der Waals surface area contributed by atoms with E-state index in [4.69, 9.17) is 19.2 Å². The molecule has 2 heterocycles. The summed E-state index contributed by atoms with van der Waals surface area (Å²) in [5, 5.41) is 13.6. The Labute approximate surface area is 225 Å². The first-order valence-corrected chi connectivity index (χ1v) is 12.7. The zero-order chi connectivity index (χ0) is 26.9. The summed E-state index contributed by atoms with van der Waals surface area (Å²) in [6.45, 7) is 0. The minimum Gasteiger partial charge on any atom is -0.493 e. The minimum absolute atomic E-state index is 0.145. The topological polar surface area (TPSA) is 106 Å². The molecule has 192 valence electrons. The van der Waals surface area contributed by atoms with Crippen LogP contribution in [-0.4, -0.2) is 43.0 Å². The van der Waals surface area contributed by atoms with Gasteiger partial charge in [0, 0.05) is 29.5 Å². The molecule has 0 saturated carbocycles. The summed E-state index contributed by atoms with van der Waals surface area (Å²) in [6, 6.07) is 21.1. The van der Waals surface area contributed by atoms with Gasteiger partial charge in [-0.15, -0.1) is 11.8 Å². The van der Waals surface area contributed by atoms with E-state index in [1.807, 2.05) is 48.5 Å². The van der Waals surface area contributed by atoms with Gasteiger partial charge in [0.25, 0.3) is 0 Å². The summed E-state index contributed by atoms with van der Waals surface area (Å²) in [6.07, 6.45) is 3.47. The third-order valence-electron chi connectivity index (χ3n) is 5.66. The Morgan fingerprint density at radius 2 is 1.71 bits per heavy atom. The van der Waals surface area contributed by atoms with Gasteiger partial charge in [-0.25, -0.2) is 4.98 Å². The van der Waals surface area contributed by atoms with E-state index in [-0.39, 0.29) is 12.3 Å². The van der Waals surface area contributed by atoms with Crippen molar-refractivity contribution in [1.82, 2.24) is 9.97 Å². The van der Waals surface area contributed by atoms with Crippen LogP contribution < -0.4 is 19.5 Å². The number of methoxy groups -OCH3 is 3. The first kappa shape index (κ1) is 26.5. The van der Waals surface area contributed by atoms with Crippen LogP contribution in [0.25, 0.3) is 22.4 Å². The molecule has 0 aliphatic rings. The Balaban J connectivity index is 1.72. The lowest BCUT2D eigenvalue weighted by molar-refractivity contribution is -0.115. The van der Waals surface area contributed by atoms with Crippen LogP contribution in [0.4, 0.5) is 5.69 Å². The number of nitrogens with one attached hydrogen (secondary N) is 1. The van der Waals surface area contributed by atoms with Crippen molar-refractivity contribution in [3.05, 3.63) is 78.6 Å². The van der Waals surface area contributed by atoms with Gasteiger partial charge in [0.15, 0.2) is 11.5 Å². The Bertz CT molecular complexity index is 1430. The van der Waals surface area contributed by atoms with Crippen LogP contribution in [0.15, 0.2) is 78.1 Å². The molecule has 0 spiro atoms. The van der Waals surface area contributed by atoms with Crippen molar-refractivity contribution in [2.24, 2.45) is 0 Å². The fraction of sp³-hybridized carbons (Fsp3) is 0.172. The number of pyridine rings is 2. The number of nitrogens with zero attached hydrogens (tertiary/aromatic N) is 3. The molecule has 0 bridgehead atoms. The van der Waals surface area contributed by atoms with E-state index in [1.165, 1.54) is 11.8 Å². The molecule has 1 N–H and O–H groups in total. The van der Waals surface area contributed by atoms with Gasteiger partial charge in [-0.2, -0.15) is 5.26 Å². The second kappa shape index (κ2) is 12.6. The molecule has 4 aromatic rings. The van der Waals surface area contributed by atoms with E-state index in [9.17, 15) is 10.1 Å². The number of nitriles is 1. The highest BCUT2D eigenvalue weighted by atomic mass is 32.2. The Hall–Kier alpha value is -4.55. The second-order valence-electron chi connectivity index (χ2n) is 8.02. The number of carbonyl (C=O) groups is 1. The number of benzene rings is 2. The van der Waals surface area contributed by atoms with Crippen molar-refractivity contribution in [2.45, 2.75) is 11.4 Å². The lowest BCUT2D eigenvalue weighted by atomic mass is 9.98. The average Bonchev–Trinajstić information content (AvgIpc) is 2.96. The number of aromatic nitrogens is 2. The number of ether oxygens (including phenoxy) is 3. The molecule has 4 rings (SSSR count). The molecule has 0 atom stereocenters. The predicted octanol–water partition coefficient (Wildman–Crippen LogP) is 5.83. The monoisotopic (exact) mass is 526 g/mol. The standard InChI is InChI=1S/C29H26N4O4S/c1-35-25-14-20(15-26(36-2)28(25)37-3)22-16-24(19-8-5-4-6-9-19)33-29(23(22)17-30)38-13-11-27(34)32-21-10-7-12-31-18-21/h4-10,12,14-16,18H,11,13H2,1-3H3,(H,32,34). The van der Waals surface area contributed by atoms with Gasteiger partial charge in [-0.05, 0) is 35.9 Å². The van der Waals surface area contributed by atoms with Crippen LogP contribution >= 0.6 is 11.8 Å². The number of rotatable bonds is 10. The Morgan fingerprint density at radius 3 is 2.32 bits per heavy atom. The molecule has 0 fully saturated rings. The third kappa shape index (κ3) is 6.05. The van der Waals surface area contributed by atoms with Gasteiger partial charge >= 0.3 is 0 Å². The lowest BCUT2D eigenvalue weighted by Crippen LogP contribution is -2.12. The van der Waals surface area contributed by atoms with E-state index >= 15 is 0 Å². The van der Waals surface area contributed by atoms with Gasteiger partial charge in [0.1, 0.15) is 11.1 Å². The molecule has 0 aliphatic heterocycles. The summed E-state index contributed by atoms with van der Waals surface area (Å²) in [5.41, 5.74) is 4.03. The van der Waals surface area contributed by atoms with Gasteiger partial charge in [-0.3, -0.25) is 9.78 Å². The van der Waals surface area contributed by atoms with Crippen LogP contribution in [0.5, 0.6) is 17.2 Å². The lowest BCUT2D eigenvalue weighted by Gasteiger charge is -2.16. The van der Waals surface area contributed by atoms with E-state index in [0.717, 1.165) is 5.56 Å². The number of amides is 1. The van der Waals surface area contributed by atoms with Crippen molar-refractivity contribution in [3.8, 4) is 45.7 Å². The molecule has 2 aromatic carbocycles. The van der Waals surface area contributed by atoms with Gasteiger partial charge in [0.05, 0.1) is 44.5 Å². The molecule has 9 heteroatoms. The van der Waals surface area contributed by atoms with Crippen LogP contribution in [-0.2, 0) is 4.79 Å². The highest BCUT2D eigenvalue weighted by Gasteiger charge is 2.20. The van der Waals surface area contributed by atoms with Crippen LogP contribution in [0.3, 0.4) is 0 Å². The predicted molar refractivity (Wildman–Crippen MR) is 148 cm³/mol. The third-order valence-corrected chi connectivity index (χ3v) is 6.63. The molecule has 0 saturated heterocycles. The van der Waals surface area contributed by atoms with Crippen LogP contribution in [0.2, 0.25) is 0 Å². The molecule has 38 heavy (non-hydrogen) atoms. The van der Waals surface area contributed by atoms with Crippen molar-refractivity contribution >= 4 is 23.4 Å². The normalized spacial score (nSPS) is 10.4. The van der Waals surface area contributed by atoms with Gasteiger partial charge in [-0.1, -0.05) is 30.3 Å². The van der Waals surface area contributed by atoms with E-state index in [0.29, 0.717) is 56.1 Å². The summed E-state index contributed by atoms with van der Waals surface area (Å²) >= 11 is 1.36. The number of hydrogen-bond donors (Lipinski definition) is 1. The highest BCUT2D eigenvalue weighted by molar-refractivity contribution is 7.99. The molecule has 0 radical (unpaired) electrons. The summed E-state index contributed by atoms with van der Waals surface area (Å²) in [4.78, 5) is 21.3. The molecule has 2 aromatic heterocycles. The maximum Gasteiger partial charge on any atom is 0.225 e. The zero-order valence-electron chi connectivity index (χ0n) is 21.2. The van der Waals surface area contributed by atoms with Crippen LogP contribution in [0, 0.1) is 11.3 Å². The molecular formula is C29H26N4O4S. The van der Waals surface area contributed by atoms with Gasteiger partial charge < -0.3 is 19.5 Å². The zero-order valence-corrected chi connectivity index (χ0v) is 22.0. The average molecular weight is 527 g/mol. The minimum atomic E-state index is -0.145. The number of thioether (sulfide) groups is 1. The SMILES string of the molecule is COc1cc(-c2cc(-c3ccccc3)nc(SCCC(=O)Nc3cccnc3)c2C#N)cc(OC)c1OC. The smallest absolute Gasteiger partial charge is 0.225 e. The molecular weight excluding hydrogens is 500 g/mol. The summed E-state index contributed by atoms with van der Waals surface area (Å²) in [7, 11) is 4.64. The quantitative estimate of drug-likeness (QED) is 0.257. The largest absolute Gasteiger partial charge is 0.493 e. The number of anilines is 1. The van der Waals surface area contributed by atoms with E-state index in [1.54, 1.807) is 45.9 Å². The van der Waals surface area contributed by atoms with Crippen molar-refractivity contribution in [3.63, 3.8) is 0 Å². The number of carbonyl (C=O) groups excluding carboxylic acids is 1. The summed E-state index contributed by atoms with van der Waals surface area (Å²) in [5.74, 6) is 1.70. The second-order valence-corrected chi connectivity index (χ2v) is 9.10. The van der Waals surface area contributed by atoms with Crippen molar-refractivity contribution in [2.75, 3.05) is 32.4 Å². The fourth-order valence-electron chi connectivity index (χ4n) is 3.86. The van der Waals surface area contributed by atoms with Crippen molar-refractivity contribution in [1.29, 1.82) is 5.26 Å². The first-order chi connectivity index (χ1) is 18.6. The molecule has 0 unspecified atom stereocenters. The maximum absolute atomic E-state index is 12.5. The molecule has 8 nitrogen and oxygen atoms in total. The Morgan fingerprint density at radius 1 is 0.974 bits per heavy atom. The van der Waals surface area contributed by atoms with Crippen molar-refractivity contribution < 1.29 is 19.0 Å². The van der Waals surface area contributed by atoms with Gasteiger partial charge in [0.2, 0.25) is 11.7 Å². The maximum atomic E-state index is 12.5. The summed E-state index contributed by atoms with van der Waals surface area (Å²) < 4.78 is 16.6. The van der Waals surface area contributed by atoms with E-state index < -0.39 is 0 Å². The number of hydrogen-bond acceptors (Lipinski definition) is 8.